The monoisotopic (exact) mass is 237 g/mol. The first-order chi connectivity index (χ1) is 8.15. The van der Waals surface area contributed by atoms with Gasteiger partial charge in [-0.1, -0.05) is 6.42 Å². The highest BCUT2D eigenvalue weighted by atomic mass is 16.5. The summed E-state index contributed by atoms with van der Waals surface area (Å²) in [5, 5.41) is 7.93. The van der Waals surface area contributed by atoms with Gasteiger partial charge < -0.3 is 9.30 Å². The largest absolute Gasteiger partial charge is 0.460 e. The van der Waals surface area contributed by atoms with Crippen molar-refractivity contribution in [2.24, 2.45) is 5.92 Å². The third-order valence-electron chi connectivity index (χ3n) is 3.56. The minimum absolute atomic E-state index is 0.276. The standard InChI is InChI=1S/C12H19N3O2/c1-4-17-12(16)11-14-13-9(3)15(11)8(2)10-6-5-7-10/h8,10H,4-7H2,1-3H3. The zero-order valence-corrected chi connectivity index (χ0v) is 10.6. The molecule has 0 spiro atoms. The second-order valence-electron chi connectivity index (χ2n) is 4.59. The second kappa shape index (κ2) is 4.85. The van der Waals surface area contributed by atoms with Gasteiger partial charge in [0.05, 0.1) is 6.61 Å². The van der Waals surface area contributed by atoms with E-state index in [9.17, 15) is 4.79 Å². The number of carbonyl (C=O) groups is 1. The quantitative estimate of drug-likeness (QED) is 0.753. The molecule has 17 heavy (non-hydrogen) atoms. The van der Waals surface area contributed by atoms with Crippen LogP contribution in [0.1, 0.15) is 55.6 Å². The topological polar surface area (TPSA) is 57.0 Å². The smallest absolute Gasteiger partial charge is 0.376 e. The third-order valence-corrected chi connectivity index (χ3v) is 3.56. The molecule has 0 radical (unpaired) electrons. The van der Waals surface area contributed by atoms with Crippen molar-refractivity contribution < 1.29 is 9.53 Å². The van der Waals surface area contributed by atoms with Crippen molar-refractivity contribution in [2.75, 3.05) is 6.61 Å². The van der Waals surface area contributed by atoms with E-state index in [0.29, 0.717) is 18.3 Å². The van der Waals surface area contributed by atoms with E-state index in [1.165, 1.54) is 19.3 Å². The minimum Gasteiger partial charge on any atom is -0.460 e. The van der Waals surface area contributed by atoms with Gasteiger partial charge in [0.2, 0.25) is 5.82 Å². The van der Waals surface area contributed by atoms with Gasteiger partial charge in [-0.05, 0) is 39.5 Å². The van der Waals surface area contributed by atoms with Crippen LogP contribution >= 0.6 is 0 Å². The predicted octanol–water partition coefficient (Wildman–Crippen LogP) is 2.12. The van der Waals surface area contributed by atoms with Crippen molar-refractivity contribution in [3.63, 3.8) is 0 Å². The minimum atomic E-state index is -0.376. The first-order valence-corrected chi connectivity index (χ1v) is 6.23. The van der Waals surface area contributed by atoms with Crippen molar-refractivity contribution in [2.45, 2.75) is 46.1 Å². The first kappa shape index (κ1) is 12.1. The summed E-state index contributed by atoms with van der Waals surface area (Å²) < 4.78 is 6.92. The van der Waals surface area contributed by atoms with Gasteiger partial charge >= 0.3 is 5.97 Å². The van der Waals surface area contributed by atoms with Crippen molar-refractivity contribution in [3.05, 3.63) is 11.6 Å². The molecule has 94 valence electrons. The highest BCUT2D eigenvalue weighted by molar-refractivity contribution is 5.85. The van der Waals surface area contributed by atoms with Crippen LogP contribution in [0.2, 0.25) is 0 Å². The van der Waals surface area contributed by atoms with Crippen LogP contribution in [-0.4, -0.2) is 27.3 Å². The number of hydrogen-bond donors (Lipinski definition) is 0. The molecule has 0 N–H and O–H groups in total. The highest BCUT2D eigenvalue weighted by Crippen LogP contribution is 2.36. The molecule has 1 aliphatic rings. The number of nitrogens with zero attached hydrogens (tertiary/aromatic N) is 3. The first-order valence-electron chi connectivity index (χ1n) is 6.23. The molecule has 1 unspecified atom stereocenters. The van der Waals surface area contributed by atoms with E-state index >= 15 is 0 Å². The van der Waals surface area contributed by atoms with Gasteiger partial charge in [-0.3, -0.25) is 0 Å². The average Bonchev–Trinajstić information content (AvgIpc) is 2.57. The zero-order valence-electron chi connectivity index (χ0n) is 10.6. The van der Waals surface area contributed by atoms with E-state index in [0.717, 1.165) is 5.82 Å². The molecular formula is C12H19N3O2. The lowest BCUT2D eigenvalue weighted by molar-refractivity contribution is 0.0498. The molecule has 0 amide bonds. The van der Waals surface area contributed by atoms with Crippen LogP contribution in [0.3, 0.4) is 0 Å². The average molecular weight is 237 g/mol. The lowest BCUT2D eigenvalue weighted by atomic mass is 9.80. The van der Waals surface area contributed by atoms with Gasteiger partial charge in [-0.25, -0.2) is 4.79 Å². The van der Waals surface area contributed by atoms with Gasteiger partial charge in [0.25, 0.3) is 0 Å². The van der Waals surface area contributed by atoms with E-state index in [4.69, 9.17) is 4.74 Å². The molecular weight excluding hydrogens is 218 g/mol. The maximum atomic E-state index is 11.8. The Morgan fingerprint density at radius 2 is 2.24 bits per heavy atom. The fourth-order valence-corrected chi connectivity index (χ4v) is 2.32. The van der Waals surface area contributed by atoms with Crippen molar-refractivity contribution in [3.8, 4) is 0 Å². The summed E-state index contributed by atoms with van der Waals surface area (Å²) in [7, 11) is 0. The van der Waals surface area contributed by atoms with Crippen LogP contribution < -0.4 is 0 Å². The molecule has 1 saturated carbocycles. The van der Waals surface area contributed by atoms with Crippen molar-refractivity contribution >= 4 is 5.97 Å². The van der Waals surface area contributed by atoms with Gasteiger partial charge in [-0.2, -0.15) is 0 Å². The number of aryl methyl sites for hydroxylation is 1. The number of aromatic nitrogens is 3. The fraction of sp³-hybridized carbons (Fsp3) is 0.750. The Morgan fingerprint density at radius 1 is 1.53 bits per heavy atom. The number of rotatable bonds is 4. The lowest BCUT2D eigenvalue weighted by Gasteiger charge is -2.32. The molecule has 1 atom stereocenters. The molecule has 1 aromatic heterocycles. The molecule has 0 aliphatic heterocycles. The summed E-state index contributed by atoms with van der Waals surface area (Å²) in [6.07, 6.45) is 3.73. The van der Waals surface area contributed by atoms with Gasteiger partial charge in [-0.15, -0.1) is 10.2 Å². The number of carbonyl (C=O) groups excluding carboxylic acids is 1. The van der Waals surface area contributed by atoms with Crippen molar-refractivity contribution in [1.82, 2.24) is 14.8 Å². The summed E-state index contributed by atoms with van der Waals surface area (Å²) in [6.45, 7) is 6.16. The fourth-order valence-electron chi connectivity index (χ4n) is 2.32. The maximum Gasteiger partial charge on any atom is 0.376 e. The van der Waals surface area contributed by atoms with Crippen LogP contribution in [0.15, 0.2) is 0 Å². The Bertz CT molecular complexity index is 410. The third kappa shape index (κ3) is 2.18. The summed E-state index contributed by atoms with van der Waals surface area (Å²) in [6, 6.07) is 0.276. The second-order valence-corrected chi connectivity index (χ2v) is 4.59. The van der Waals surface area contributed by atoms with E-state index < -0.39 is 0 Å². The molecule has 5 nitrogen and oxygen atoms in total. The van der Waals surface area contributed by atoms with E-state index in [-0.39, 0.29) is 12.0 Å². The maximum absolute atomic E-state index is 11.8. The lowest BCUT2D eigenvalue weighted by Crippen LogP contribution is -2.26. The summed E-state index contributed by atoms with van der Waals surface area (Å²) in [5.41, 5.74) is 0. The molecule has 0 aromatic carbocycles. The molecule has 1 heterocycles. The summed E-state index contributed by atoms with van der Waals surface area (Å²) in [4.78, 5) is 11.8. The molecule has 2 rings (SSSR count). The van der Waals surface area contributed by atoms with Crippen LogP contribution in [0, 0.1) is 12.8 Å². The van der Waals surface area contributed by atoms with Crippen LogP contribution in [0.5, 0.6) is 0 Å². The van der Waals surface area contributed by atoms with E-state index in [1.54, 1.807) is 6.92 Å². The Balaban J connectivity index is 2.24. The highest BCUT2D eigenvalue weighted by Gasteiger charge is 2.30. The Kier molecular flexibility index (Phi) is 3.45. The molecule has 1 aliphatic carbocycles. The molecule has 5 heteroatoms. The normalized spacial score (nSPS) is 17.6. The van der Waals surface area contributed by atoms with Crippen molar-refractivity contribution in [1.29, 1.82) is 0 Å². The Morgan fingerprint density at radius 3 is 2.76 bits per heavy atom. The Hall–Kier alpha value is -1.39. The number of hydrogen-bond acceptors (Lipinski definition) is 4. The summed E-state index contributed by atoms with van der Waals surface area (Å²) >= 11 is 0. The molecule has 1 aromatic rings. The summed E-state index contributed by atoms with van der Waals surface area (Å²) in [5.74, 6) is 1.38. The molecule has 0 saturated heterocycles. The van der Waals surface area contributed by atoms with Gasteiger partial charge in [0.15, 0.2) is 0 Å². The van der Waals surface area contributed by atoms with Gasteiger partial charge in [0, 0.05) is 6.04 Å². The van der Waals surface area contributed by atoms with E-state index in [1.807, 2.05) is 11.5 Å². The SMILES string of the molecule is CCOC(=O)c1nnc(C)n1C(C)C1CCC1. The molecule has 1 fully saturated rings. The van der Waals surface area contributed by atoms with Crippen LogP contribution in [0.4, 0.5) is 0 Å². The van der Waals surface area contributed by atoms with Crippen LogP contribution in [-0.2, 0) is 4.74 Å². The zero-order chi connectivity index (χ0) is 12.4. The predicted molar refractivity (Wildman–Crippen MR) is 62.8 cm³/mol. The molecule has 0 bridgehead atoms. The van der Waals surface area contributed by atoms with E-state index in [2.05, 4.69) is 17.1 Å². The van der Waals surface area contributed by atoms with Crippen LogP contribution in [0.25, 0.3) is 0 Å². The number of ether oxygens (including phenoxy) is 1. The number of esters is 1. The Labute approximate surface area is 101 Å². The van der Waals surface area contributed by atoms with Gasteiger partial charge in [0.1, 0.15) is 5.82 Å².